The van der Waals surface area contributed by atoms with Crippen molar-refractivity contribution in [1.29, 1.82) is 0 Å². The minimum absolute atomic E-state index is 0.00144. The fourth-order valence-electron chi connectivity index (χ4n) is 3.02. The van der Waals surface area contributed by atoms with Crippen molar-refractivity contribution in [2.45, 2.75) is 39.3 Å². The van der Waals surface area contributed by atoms with Crippen LogP contribution >= 0.6 is 0 Å². The molecular weight excluding hydrogens is 267 g/mol. The van der Waals surface area contributed by atoms with E-state index in [1.54, 1.807) is 6.07 Å². The fraction of sp³-hybridized carbons (Fsp3) is 0.647. The van der Waals surface area contributed by atoms with Crippen molar-refractivity contribution in [1.82, 2.24) is 10.2 Å². The van der Waals surface area contributed by atoms with Crippen molar-refractivity contribution >= 4 is 0 Å². The van der Waals surface area contributed by atoms with Crippen LogP contribution in [0.5, 0.6) is 0 Å². The molecule has 0 spiro atoms. The summed E-state index contributed by atoms with van der Waals surface area (Å²) >= 11 is 0. The molecule has 1 aliphatic heterocycles. The number of likely N-dealkylation sites (N-methyl/N-ethyl adjacent to an activating group) is 1. The Labute approximate surface area is 127 Å². The molecular formula is C17H27FN2O. The van der Waals surface area contributed by atoms with Crippen LogP contribution < -0.4 is 5.32 Å². The van der Waals surface area contributed by atoms with Gasteiger partial charge in [-0.1, -0.05) is 31.5 Å². The van der Waals surface area contributed by atoms with Crippen LogP contribution in [-0.2, 0) is 4.74 Å². The third-order valence-electron chi connectivity index (χ3n) is 4.00. The minimum Gasteiger partial charge on any atom is -0.374 e. The summed E-state index contributed by atoms with van der Waals surface area (Å²) < 4.78 is 20.2. The largest absolute Gasteiger partial charge is 0.374 e. The van der Waals surface area contributed by atoms with Crippen LogP contribution in [0.4, 0.5) is 4.39 Å². The SMILES string of the molecule is CCCN1CCOC(C(NCC)c2cc(C)ccc2F)C1. The molecule has 0 aliphatic carbocycles. The van der Waals surface area contributed by atoms with Gasteiger partial charge in [0.25, 0.3) is 0 Å². The number of rotatable bonds is 6. The van der Waals surface area contributed by atoms with Crippen LogP contribution in [0.2, 0.25) is 0 Å². The van der Waals surface area contributed by atoms with E-state index in [-0.39, 0.29) is 18.0 Å². The molecule has 1 aromatic rings. The van der Waals surface area contributed by atoms with Gasteiger partial charge >= 0.3 is 0 Å². The number of benzene rings is 1. The quantitative estimate of drug-likeness (QED) is 0.873. The Balaban J connectivity index is 2.19. The highest BCUT2D eigenvalue weighted by Gasteiger charge is 2.30. The number of morpholine rings is 1. The highest BCUT2D eigenvalue weighted by molar-refractivity contribution is 5.28. The van der Waals surface area contributed by atoms with Crippen molar-refractivity contribution in [2.24, 2.45) is 0 Å². The van der Waals surface area contributed by atoms with Crippen LogP contribution in [0.3, 0.4) is 0 Å². The normalized spacial score (nSPS) is 21.4. The second-order valence-corrected chi connectivity index (χ2v) is 5.77. The average Bonchev–Trinajstić information content (AvgIpc) is 2.48. The number of halogens is 1. The zero-order valence-electron chi connectivity index (χ0n) is 13.4. The van der Waals surface area contributed by atoms with E-state index < -0.39 is 0 Å². The Morgan fingerprint density at radius 1 is 1.43 bits per heavy atom. The summed E-state index contributed by atoms with van der Waals surface area (Å²) in [6.45, 7) is 10.7. The average molecular weight is 294 g/mol. The first-order valence-electron chi connectivity index (χ1n) is 7.99. The second-order valence-electron chi connectivity index (χ2n) is 5.77. The van der Waals surface area contributed by atoms with Crippen molar-refractivity contribution in [3.05, 3.63) is 35.1 Å². The molecule has 4 heteroatoms. The molecule has 1 saturated heterocycles. The lowest BCUT2D eigenvalue weighted by molar-refractivity contribution is -0.0473. The van der Waals surface area contributed by atoms with Crippen molar-refractivity contribution in [3.8, 4) is 0 Å². The Hall–Kier alpha value is -0.970. The molecule has 2 rings (SSSR count). The summed E-state index contributed by atoms with van der Waals surface area (Å²) in [5.74, 6) is -0.150. The van der Waals surface area contributed by atoms with E-state index in [1.165, 1.54) is 0 Å². The molecule has 1 fully saturated rings. The molecule has 2 unspecified atom stereocenters. The van der Waals surface area contributed by atoms with Gasteiger partial charge in [0.1, 0.15) is 5.82 Å². The number of aryl methyl sites for hydroxylation is 1. The summed E-state index contributed by atoms with van der Waals surface area (Å²) in [7, 11) is 0. The van der Waals surface area contributed by atoms with Gasteiger partial charge in [-0.05, 0) is 32.5 Å². The lowest BCUT2D eigenvalue weighted by Crippen LogP contribution is -2.48. The molecule has 0 aromatic heterocycles. The van der Waals surface area contributed by atoms with Crippen molar-refractivity contribution in [2.75, 3.05) is 32.8 Å². The highest BCUT2D eigenvalue weighted by atomic mass is 19.1. The van der Waals surface area contributed by atoms with Gasteiger partial charge in [0.15, 0.2) is 0 Å². The van der Waals surface area contributed by atoms with Gasteiger partial charge in [0.2, 0.25) is 0 Å². The van der Waals surface area contributed by atoms with Crippen LogP contribution in [-0.4, -0.2) is 43.8 Å². The summed E-state index contributed by atoms with van der Waals surface area (Å²) in [5.41, 5.74) is 1.80. The lowest BCUT2D eigenvalue weighted by atomic mass is 9.97. The predicted molar refractivity (Wildman–Crippen MR) is 84.0 cm³/mol. The molecule has 0 saturated carbocycles. The maximum absolute atomic E-state index is 14.2. The summed E-state index contributed by atoms with van der Waals surface area (Å²) in [6.07, 6.45) is 1.14. The number of ether oxygens (including phenoxy) is 1. The number of hydrogen-bond acceptors (Lipinski definition) is 3. The molecule has 1 aromatic carbocycles. The highest BCUT2D eigenvalue weighted by Crippen LogP contribution is 2.25. The van der Waals surface area contributed by atoms with Gasteiger partial charge in [0, 0.05) is 18.7 Å². The molecule has 0 radical (unpaired) electrons. The summed E-state index contributed by atoms with van der Waals surface area (Å²) in [6, 6.07) is 5.22. The van der Waals surface area contributed by atoms with Gasteiger partial charge in [0.05, 0.1) is 18.8 Å². The Bertz CT molecular complexity index is 450. The van der Waals surface area contributed by atoms with Crippen LogP contribution in [0, 0.1) is 12.7 Å². The maximum atomic E-state index is 14.2. The molecule has 2 atom stereocenters. The first kappa shape index (κ1) is 16.4. The van der Waals surface area contributed by atoms with E-state index in [2.05, 4.69) is 17.1 Å². The van der Waals surface area contributed by atoms with E-state index in [4.69, 9.17) is 4.74 Å². The van der Waals surface area contributed by atoms with E-state index in [0.29, 0.717) is 0 Å². The Morgan fingerprint density at radius 2 is 2.24 bits per heavy atom. The van der Waals surface area contributed by atoms with Crippen molar-refractivity contribution in [3.63, 3.8) is 0 Å². The zero-order valence-corrected chi connectivity index (χ0v) is 13.4. The summed E-state index contributed by atoms with van der Waals surface area (Å²) in [5, 5.41) is 3.41. The third-order valence-corrected chi connectivity index (χ3v) is 4.00. The van der Waals surface area contributed by atoms with Crippen LogP contribution in [0.15, 0.2) is 18.2 Å². The van der Waals surface area contributed by atoms with Crippen LogP contribution in [0.25, 0.3) is 0 Å². The van der Waals surface area contributed by atoms with Gasteiger partial charge in [-0.15, -0.1) is 0 Å². The lowest BCUT2D eigenvalue weighted by Gasteiger charge is -2.37. The second kappa shape index (κ2) is 7.87. The fourth-order valence-corrected chi connectivity index (χ4v) is 3.02. The molecule has 1 N–H and O–H groups in total. The van der Waals surface area contributed by atoms with Gasteiger partial charge < -0.3 is 10.1 Å². The standard InChI is InChI=1S/C17H27FN2O/c1-4-8-20-9-10-21-16(12-20)17(19-5-2)14-11-13(3)6-7-15(14)18/h6-7,11,16-17,19H,4-5,8-10,12H2,1-3H3. The van der Waals surface area contributed by atoms with E-state index in [1.807, 2.05) is 26.0 Å². The van der Waals surface area contributed by atoms with Gasteiger partial charge in [-0.2, -0.15) is 0 Å². The third kappa shape index (κ3) is 4.25. The predicted octanol–water partition coefficient (Wildman–Crippen LogP) is 2.90. The minimum atomic E-state index is -0.150. The first-order chi connectivity index (χ1) is 10.2. The monoisotopic (exact) mass is 294 g/mol. The zero-order chi connectivity index (χ0) is 15.2. The smallest absolute Gasteiger partial charge is 0.128 e. The number of nitrogens with one attached hydrogen (secondary N) is 1. The number of hydrogen-bond donors (Lipinski definition) is 1. The van der Waals surface area contributed by atoms with E-state index >= 15 is 0 Å². The van der Waals surface area contributed by atoms with E-state index in [9.17, 15) is 4.39 Å². The molecule has 3 nitrogen and oxygen atoms in total. The molecule has 118 valence electrons. The topological polar surface area (TPSA) is 24.5 Å². The molecule has 1 heterocycles. The van der Waals surface area contributed by atoms with Crippen LogP contribution in [0.1, 0.15) is 37.4 Å². The Morgan fingerprint density at radius 3 is 2.95 bits per heavy atom. The van der Waals surface area contributed by atoms with Gasteiger partial charge in [-0.3, -0.25) is 4.90 Å². The molecule has 0 bridgehead atoms. The summed E-state index contributed by atoms with van der Waals surface area (Å²) in [4.78, 5) is 2.41. The first-order valence-corrected chi connectivity index (χ1v) is 7.99. The van der Waals surface area contributed by atoms with Gasteiger partial charge in [-0.25, -0.2) is 4.39 Å². The number of nitrogens with zero attached hydrogens (tertiary/aromatic N) is 1. The molecule has 0 amide bonds. The van der Waals surface area contributed by atoms with E-state index in [0.717, 1.165) is 50.3 Å². The molecule has 21 heavy (non-hydrogen) atoms. The Kier molecular flexibility index (Phi) is 6.15. The maximum Gasteiger partial charge on any atom is 0.128 e. The molecule has 1 aliphatic rings. The van der Waals surface area contributed by atoms with Crippen molar-refractivity contribution < 1.29 is 9.13 Å².